The van der Waals surface area contributed by atoms with Gasteiger partial charge in [-0.25, -0.2) is 4.79 Å². The predicted octanol–water partition coefficient (Wildman–Crippen LogP) is 6.68. The molecular formula is C35H48ClN7O3S2. The van der Waals surface area contributed by atoms with Crippen LogP contribution in [0, 0.1) is 27.7 Å². The molecule has 3 aromatic rings. The normalized spacial score (nSPS) is 17.6. The maximum Gasteiger partial charge on any atom is 0.410 e. The number of carbonyl (C=O) groups excluding carboxylic acids is 2. The summed E-state index contributed by atoms with van der Waals surface area (Å²) >= 11 is 9.60. The van der Waals surface area contributed by atoms with Crippen molar-refractivity contribution in [2.75, 3.05) is 45.5 Å². The third-order valence-corrected chi connectivity index (χ3v) is 11.4. The molecule has 260 valence electrons. The molecule has 1 aromatic carbocycles. The van der Waals surface area contributed by atoms with Gasteiger partial charge < -0.3 is 14.5 Å². The number of thiophene rings is 1. The van der Waals surface area contributed by atoms with Crippen LogP contribution in [-0.4, -0.2) is 110 Å². The zero-order valence-corrected chi connectivity index (χ0v) is 31.8. The highest BCUT2D eigenvalue weighted by atomic mass is 35.5. The summed E-state index contributed by atoms with van der Waals surface area (Å²) < 4.78 is 7.65. The number of piperidine rings is 1. The van der Waals surface area contributed by atoms with Gasteiger partial charge in [0.15, 0.2) is 0 Å². The topological polar surface area (TPSA) is 96.2 Å². The second-order valence-electron chi connectivity index (χ2n) is 13.6. The fourth-order valence-electron chi connectivity index (χ4n) is 6.38. The van der Waals surface area contributed by atoms with Gasteiger partial charge in [-0.15, -0.1) is 33.3 Å². The van der Waals surface area contributed by atoms with Crippen LogP contribution in [0.5, 0.6) is 0 Å². The Morgan fingerprint density at radius 3 is 2.15 bits per heavy atom. The van der Waals surface area contributed by atoms with Crippen molar-refractivity contribution in [1.82, 2.24) is 29.5 Å². The molecular weight excluding hydrogens is 666 g/mol. The third-order valence-electron chi connectivity index (χ3n) is 9.10. The Labute approximate surface area is 297 Å². The number of hydrogen-bond acceptors (Lipinski definition) is 9. The molecule has 48 heavy (non-hydrogen) atoms. The molecule has 2 aliphatic heterocycles. The molecule has 0 radical (unpaired) electrons. The van der Waals surface area contributed by atoms with E-state index in [0.29, 0.717) is 43.7 Å². The molecule has 5 rings (SSSR count). The molecule has 2 fully saturated rings. The van der Waals surface area contributed by atoms with Crippen molar-refractivity contribution in [2.45, 2.75) is 84.7 Å². The predicted molar refractivity (Wildman–Crippen MR) is 196 cm³/mol. The van der Waals surface area contributed by atoms with E-state index in [1.54, 1.807) is 23.1 Å². The SMILES string of the molecule is CSC(CC(=O)N1CCN(C2CCN(C(=O)OC(C)(C)C)CC2)CC1)/N=C(/c1ccc(Cl)cc1)c1c(-n2c(C)nnc2C)sc(C)c1C. The van der Waals surface area contributed by atoms with Gasteiger partial charge in [0.1, 0.15) is 27.6 Å². The highest BCUT2D eigenvalue weighted by Gasteiger charge is 2.32. The van der Waals surface area contributed by atoms with E-state index < -0.39 is 5.60 Å². The molecule has 0 spiro atoms. The molecule has 0 N–H and O–H groups in total. The molecule has 4 heterocycles. The molecule has 0 bridgehead atoms. The summed E-state index contributed by atoms with van der Waals surface area (Å²) in [6, 6.07) is 8.18. The number of aliphatic imine (C=N–C) groups is 1. The van der Waals surface area contributed by atoms with E-state index in [0.717, 1.165) is 65.0 Å². The number of thioether (sulfide) groups is 1. The van der Waals surface area contributed by atoms with E-state index in [-0.39, 0.29) is 17.4 Å². The number of rotatable bonds is 8. The fraction of sp³-hybridized carbons (Fsp3) is 0.571. The minimum absolute atomic E-state index is 0.122. The van der Waals surface area contributed by atoms with Crippen molar-refractivity contribution >= 4 is 52.4 Å². The van der Waals surface area contributed by atoms with Gasteiger partial charge in [0.25, 0.3) is 0 Å². The first kappa shape index (κ1) is 36.4. The van der Waals surface area contributed by atoms with Gasteiger partial charge in [-0.1, -0.05) is 23.7 Å². The van der Waals surface area contributed by atoms with Gasteiger partial charge in [-0.3, -0.25) is 19.3 Å². The zero-order valence-electron chi connectivity index (χ0n) is 29.4. The van der Waals surface area contributed by atoms with Crippen LogP contribution >= 0.6 is 34.7 Å². The number of benzene rings is 1. The van der Waals surface area contributed by atoms with Crippen LogP contribution in [-0.2, 0) is 9.53 Å². The molecule has 2 aliphatic rings. The first-order chi connectivity index (χ1) is 22.8. The number of nitrogens with zero attached hydrogens (tertiary/aromatic N) is 7. The lowest BCUT2D eigenvalue weighted by molar-refractivity contribution is -0.133. The quantitative estimate of drug-likeness (QED) is 0.241. The van der Waals surface area contributed by atoms with Gasteiger partial charge in [0, 0.05) is 66.3 Å². The molecule has 1 unspecified atom stereocenters. The number of carbonyl (C=O) groups is 2. The van der Waals surface area contributed by atoms with E-state index >= 15 is 0 Å². The molecule has 13 heteroatoms. The van der Waals surface area contributed by atoms with Crippen LogP contribution < -0.4 is 0 Å². The summed E-state index contributed by atoms with van der Waals surface area (Å²) in [7, 11) is 0. The Morgan fingerprint density at radius 1 is 0.979 bits per heavy atom. The summed E-state index contributed by atoms with van der Waals surface area (Å²) in [6.45, 7) is 18.3. The number of aryl methyl sites for hydroxylation is 3. The maximum absolute atomic E-state index is 13.7. The lowest BCUT2D eigenvalue weighted by Crippen LogP contribution is -2.55. The second kappa shape index (κ2) is 15.3. The van der Waals surface area contributed by atoms with Crippen molar-refractivity contribution in [3.05, 3.63) is 62.5 Å². The highest BCUT2D eigenvalue weighted by Crippen LogP contribution is 2.35. The number of likely N-dealkylation sites (tertiary alicyclic amines) is 1. The van der Waals surface area contributed by atoms with Crippen LogP contribution in [0.1, 0.15) is 73.2 Å². The minimum atomic E-state index is -0.490. The van der Waals surface area contributed by atoms with E-state index in [9.17, 15) is 9.59 Å². The average molecular weight is 714 g/mol. The second-order valence-corrected chi connectivity index (χ2v) is 16.2. The molecule has 2 amide bonds. The number of amides is 2. The Hall–Kier alpha value is -2.93. The Balaban J connectivity index is 1.29. The van der Waals surface area contributed by atoms with Crippen LogP contribution in [0.15, 0.2) is 29.3 Å². The summed E-state index contributed by atoms with van der Waals surface area (Å²) in [5, 5.41) is 10.1. The van der Waals surface area contributed by atoms with Gasteiger partial charge in [-0.05, 0) is 85.3 Å². The summed E-state index contributed by atoms with van der Waals surface area (Å²) in [5.41, 5.74) is 3.48. The van der Waals surface area contributed by atoms with E-state index in [1.807, 2.05) is 74.9 Å². The fourth-order valence-corrected chi connectivity index (χ4v) is 8.28. The molecule has 10 nitrogen and oxygen atoms in total. The van der Waals surface area contributed by atoms with E-state index in [2.05, 4.69) is 33.5 Å². The molecule has 0 aliphatic carbocycles. The molecule has 1 atom stereocenters. The maximum atomic E-state index is 13.7. The van der Waals surface area contributed by atoms with Crippen molar-refractivity contribution in [3.63, 3.8) is 0 Å². The van der Waals surface area contributed by atoms with Crippen LogP contribution in [0.3, 0.4) is 0 Å². The van der Waals surface area contributed by atoms with Crippen LogP contribution in [0.4, 0.5) is 4.79 Å². The first-order valence-electron chi connectivity index (χ1n) is 16.6. The largest absolute Gasteiger partial charge is 0.444 e. The van der Waals surface area contributed by atoms with Crippen LogP contribution in [0.25, 0.3) is 5.00 Å². The highest BCUT2D eigenvalue weighted by molar-refractivity contribution is 7.99. The lowest BCUT2D eigenvalue weighted by Gasteiger charge is -2.43. The zero-order chi connectivity index (χ0) is 34.7. The summed E-state index contributed by atoms with van der Waals surface area (Å²) in [4.78, 5) is 39.0. The Bertz CT molecular complexity index is 1610. The Morgan fingerprint density at radius 2 is 1.58 bits per heavy atom. The van der Waals surface area contributed by atoms with Gasteiger partial charge in [0.2, 0.25) is 5.91 Å². The van der Waals surface area contributed by atoms with Crippen molar-refractivity contribution < 1.29 is 14.3 Å². The smallest absolute Gasteiger partial charge is 0.410 e. The average Bonchev–Trinajstić information content (AvgIpc) is 3.54. The number of halogens is 1. The first-order valence-corrected chi connectivity index (χ1v) is 19.1. The van der Waals surface area contributed by atoms with Crippen molar-refractivity contribution in [3.8, 4) is 5.00 Å². The summed E-state index contributed by atoms with van der Waals surface area (Å²) in [6.07, 6.45) is 3.94. The lowest BCUT2D eigenvalue weighted by atomic mass is 9.99. The van der Waals surface area contributed by atoms with Gasteiger partial charge in [0.05, 0.1) is 12.1 Å². The van der Waals surface area contributed by atoms with Gasteiger partial charge in [-0.2, -0.15) is 0 Å². The van der Waals surface area contributed by atoms with E-state index in [4.69, 9.17) is 21.3 Å². The third kappa shape index (κ3) is 8.43. The molecule has 2 saturated heterocycles. The Kier molecular flexibility index (Phi) is 11.6. The van der Waals surface area contributed by atoms with Crippen molar-refractivity contribution in [2.24, 2.45) is 4.99 Å². The minimum Gasteiger partial charge on any atom is -0.444 e. The molecule has 2 aromatic heterocycles. The summed E-state index contributed by atoms with van der Waals surface area (Å²) in [5.74, 6) is 1.75. The molecule has 0 saturated carbocycles. The number of piperazine rings is 1. The van der Waals surface area contributed by atoms with E-state index in [1.165, 1.54) is 4.88 Å². The monoisotopic (exact) mass is 713 g/mol. The van der Waals surface area contributed by atoms with Crippen molar-refractivity contribution in [1.29, 1.82) is 0 Å². The van der Waals surface area contributed by atoms with Gasteiger partial charge >= 0.3 is 6.09 Å². The number of ether oxygens (including phenoxy) is 1. The van der Waals surface area contributed by atoms with Crippen LogP contribution in [0.2, 0.25) is 5.02 Å². The number of hydrogen-bond donors (Lipinski definition) is 0. The standard InChI is InChI=1S/C35H48ClN7O3S2/c1-22-23(2)48-33(43-24(3)38-39-25(43)4)31(22)32(26-9-11-27(36)12-10-26)37-29(47-8)21-30(44)41-19-17-40(18-20-41)28-13-15-42(16-14-28)34(45)46-35(5,6)7/h9-12,28-29H,13-21H2,1-8H3/b37-32-. The number of aromatic nitrogens is 3.